The maximum absolute atomic E-state index is 11.5. The zero-order valence-electron chi connectivity index (χ0n) is 10.6. The van der Waals surface area contributed by atoms with E-state index in [0.717, 1.165) is 5.56 Å². The van der Waals surface area contributed by atoms with Crippen LogP contribution in [0.5, 0.6) is 0 Å². The van der Waals surface area contributed by atoms with E-state index in [1.165, 1.54) is 6.08 Å². The summed E-state index contributed by atoms with van der Waals surface area (Å²) in [5.41, 5.74) is 1.04. The zero-order chi connectivity index (χ0) is 13.7. The van der Waals surface area contributed by atoms with Gasteiger partial charge in [-0.3, -0.25) is 4.79 Å². The van der Waals surface area contributed by atoms with Crippen LogP contribution in [0.15, 0.2) is 61.3 Å². The lowest BCUT2D eigenvalue weighted by Gasteiger charge is -2.33. The Balaban J connectivity index is 2.19. The highest BCUT2D eigenvalue weighted by atomic mass is 16.3. The molecule has 0 aliphatic carbocycles. The van der Waals surface area contributed by atoms with Crippen LogP contribution in [0.25, 0.3) is 6.08 Å². The van der Waals surface area contributed by atoms with Gasteiger partial charge in [-0.2, -0.15) is 0 Å². The molecule has 0 saturated heterocycles. The van der Waals surface area contributed by atoms with Crippen molar-refractivity contribution in [3.63, 3.8) is 0 Å². The minimum atomic E-state index is -1.02. The summed E-state index contributed by atoms with van der Waals surface area (Å²) in [6.07, 6.45) is 7.60. The summed E-state index contributed by atoms with van der Waals surface area (Å²) < 4.78 is 0. The van der Waals surface area contributed by atoms with Crippen LogP contribution in [0.2, 0.25) is 0 Å². The number of rotatable bonds is 4. The fourth-order valence-corrected chi connectivity index (χ4v) is 2.04. The normalized spacial score (nSPS) is 23.0. The van der Waals surface area contributed by atoms with Crippen LogP contribution >= 0.6 is 0 Å². The van der Waals surface area contributed by atoms with E-state index in [1.807, 2.05) is 47.4 Å². The Hall–Kier alpha value is -2.13. The zero-order valence-corrected chi connectivity index (χ0v) is 10.6. The summed E-state index contributed by atoms with van der Waals surface area (Å²) in [5.74, 6) is -0.261. The Morgan fingerprint density at radius 2 is 2.05 bits per heavy atom. The van der Waals surface area contributed by atoms with Gasteiger partial charge < -0.3 is 10.0 Å². The van der Waals surface area contributed by atoms with Gasteiger partial charge in [0, 0.05) is 12.7 Å². The lowest BCUT2D eigenvalue weighted by Crippen LogP contribution is -2.46. The summed E-state index contributed by atoms with van der Waals surface area (Å²) in [6.45, 7) is 4.27. The van der Waals surface area contributed by atoms with E-state index in [1.54, 1.807) is 12.3 Å². The van der Waals surface area contributed by atoms with Crippen LogP contribution in [-0.2, 0) is 4.79 Å². The van der Waals surface area contributed by atoms with Crippen molar-refractivity contribution in [2.45, 2.75) is 12.1 Å². The van der Waals surface area contributed by atoms with Gasteiger partial charge in [0.15, 0.2) is 5.78 Å². The molecular weight excluding hydrogens is 238 g/mol. The van der Waals surface area contributed by atoms with Crippen LogP contribution in [0.1, 0.15) is 5.56 Å². The Bertz CT molecular complexity index is 505. The largest absolute Gasteiger partial charge is 0.382 e. The number of aliphatic hydroxyl groups is 1. The molecule has 0 aromatic heterocycles. The molecule has 19 heavy (non-hydrogen) atoms. The average molecular weight is 255 g/mol. The summed E-state index contributed by atoms with van der Waals surface area (Å²) in [6, 6.07) is 9.44. The van der Waals surface area contributed by atoms with E-state index < -0.39 is 6.10 Å². The predicted molar refractivity (Wildman–Crippen MR) is 76.3 cm³/mol. The van der Waals surface area contributed by atoms with Crippen LogP contribution in [0, 0.1) is 0 Å². The van der Waals surface area contributed by atoms with Crippen LogP contribution < -0.4 is 0 Å². The van der Waals surface area contributed by atoms with E-state index in [9.17, 15) is 9.90 Å². The number of aliphatic hydroxyl groups excluding tert-OH is 1. The standard InChI is InChI=1S/C16H17NO2/c1-2-11-17-12-10-15(18)16(19)14(17)9-8-13-6-4-3-5-7-13/h2-10,12,14,16,19H,1,11H2/b9-8+/t14-,16+/m1/s1. The molecule has 0 radical (unpaired) electrons. The summed E-state index contributed by atoms with van der Waals surface area (Å²) in [7, 11) is 0. The first kappa shape index (κ1) is 13.3. The molecule has 2 rings (SSSR count). The first-order valence-corrected chi connectivity index (χ1v) is 6.22. The van der Waals surface area contributed by atoms with Gasteiger partial charge in [-0.05, 0) is 11.6 Å². The molecular formula is C16H17NO2. The van der Waals surface area contributed by atoms with Gasteiger partial charge in [0.1, 0.15) is 6.10 Å². The quantitative estimate of drug-likeness (QED) is 0.837. The number of nitrogens with zero attached hydrogens (tertiary/aromatic N) is 1. The van der Waals surface area contributed by atoms with E-state index in [-0.39, 0.29) is 11.8 Å². The molecule has 3 nitrogen and oxygen atoms in total. The highest BCUT2D eigenvalue weighted by Crippen LogP contribution is 2.16. The van der Waals surface area contributed by atoms with Crippen molar-refractivity contribution in [3.05, 3.63) is 66.9 Å². The lowest BCUT2D eigenvalue weighted by atomic mass is 10.0. The molecule has 0 spiro atoms. The maximum Gasteiger partial charge on any atom is 0.187 e. The number of carbonyl (C=O) groups excluding carboxylic acids is 1. The molecule has 1 aromatic carbocycles. The molecule has 1 N–H and O–H groups in total. The van der Waals surface area contributed by atoms with E-state index >= 15 is 0 Å². The summed E-state index contributed by atoms with van der Waals surface area (Å²) in [5, 5.41) is 9.98. The first-order chi connectivity index (χ1) is 9.22. The Morgan fingerprint density at radius 1 is 1.32 bits per heavy atom. The number of hydrogen-bond acceptors (Lipinski definition) is 3. The van der Waals surface area contributed by atoms with Crippen molar-refractivity contribution in [1.82, 2.24) is 4.90 Å². The molecule has 0 saturated carbocycles. The van der Waals surface area contributed by atoms with Crippen LogP contribution in [0.3, 0.4) is 0 Å². The minimum absolute atomic E-state index is 0.261. The van der Waals surface area contributed by atoms with Crippen LogP contribution in [0.4, 0.5) is 0 Å². The molecule has 0 fully saturated rings. The minimum Gasteiger partial charge on any atom is -0.382 e. The van der Waals surface area contributed by atoms with Gasteiger partial charge in [-0.15, -0.1) is 6.58 Å². The average Bonchev–Trinajstić information content (AvgIpc) is 2.44. The molecule has 98 valence electrons. The molecule has 1 aliphatic rings. The monoisotopic (exact) mass is 255 g/mol. The van der Waals surface area contributed by atoms with Crippen molar-refractivity contribution >= 4 is 11.9 Å². The number of ketones is 1. The third-order valence-electron chi connectivity index (χ3n) is 3.05. The van der Waals surface area contributed by atoms with Gasteiger partial charge in [-0.25, -0.2) is 0 Å². The van der Waals surface area contributed by atoms with Gasteiger partial charge >= 0.3 is 0 Å². The predicted octanol–water partition coefficient (Wildman–Crippen LogP) is 2.01. The lowest BCUT2D eigenvalue weighted by molar-refractivity contribution is -0.125. The van der Waals surface area contributed by atoms with Crippen molar-refractivity contribution in [2.75, 3.05) is 6.54 Å². The molecule has 1 heterocycles. The molecule has 2 atom stereocenters. The Kier molecular flexibility index (Phi) is 4.31. The van der Waals surface area contributed by atoms with Crippen molar-refractivity contribution < 1.29 is 9.90 Å². The molecule has 0 unspecified atom stereocenters. The summed E-state index contributed by atoms with van der Waals surface area (Å²) in [4.78, 5) is 13.4. The third kappa shape index (κ3) is 3.20. The van der Waals surface area contributed by atoms with Crippen molar-refractivity contribution in [1.29, 1.82) is 0 Å². The van der Waals surface area contributed by atoms with Gasteiger partial charge in [0.05, 0.1) is 6.04 Å². The van der Waals surface area contributed by atoms with E-state index in [0.29, 0.717) is 6.54 Å². The highest BCUT2D eigenvalue weighted by molar-refractivity contribution is 5.95. The number of benzene rings is 1. The summed E-state index contributed by atoms with van der Waals surface area (Å²) >= 11 is 0. The van der Waals surface area contributed by atoms with Gasteiger partial charge in [0.25, 0.3) is 0 Å². The molecule has 1 aliphatic heterocycles. The Labute approximate surface area is 113 Å². The number of carbonyl (C=O) groups is 1. The maximum atomic E-state index is 11.5. The first-order valence-electron chi connectivity index (χ1n) is 6.22. The SMILES string of the molecule is C=CCN1C=CC(=O)[C@@H](O)[C@H]1/C=C/c1ccccc1. The molecule has 3 heteroatoms. The van der Waals surface area contributed by atoms with Gasteiger partial charge in [0.2, 0.25) is 0 Å². The smallest absolute Gasteiger partial charge is 0.187 e. The highest BCUT2D eigenvalue weighted by Gasteiger charge is 2.29. The second-order valence-electron chi connectivity index (χ2n) is 4.41. The second-order valence-corrected chi connectivity index (χ2v) is 4.41. The Morgan fingerprint density at radius 3 is 2.74 bits per heavy atom. The van der Waals surface area contributed by atoms with Crippen molar-refractivity contribution in [2.24, 2.45) is 0 Å². The van der Waals surface area contributed by atoms with Gasteiger partial charge in [-0.1, -0.05) is 48.6 Å². The van der Waals surface area contributed by atoms with Crippen molar-refractivity contribution in [3.8, 4) is 0 Å². The molecule has 1 aromatic rings. The van der Waals surface area contributed by atoms with E-state index in [2.05, 4.69) is 6.58 Å². The van der Waals surface area contributed by atoms with Crippen LogP contribution in [-0.4, -0.2) is 34.5 Å². The number of hydrogen-bond donors (Lipinski definition) is 1. The fourth-order valence-electron chi connectivity index (χ4n) is 2.04. The van der Waals surface area contributed by atoms with E-state index in [4.69, 9.17) is 0 Å². The topological polar surface area (TPSA) is 40.5 Å². The molecule has 0 amide bonds. The fraction of sp³-hybridized carbons (Fsp3) is 0.188. The second kappa shape index (κ2) is 6.16. The molecule has 0 bridgehead atoms. The third-order valence-corrected chi connectivity index (χ3v) is 3.05.